The van der Waals surface area contributed by atoms with Crippen LogP contribution in [-0.2, 0) is 10.0 Å². The molecule has 0 spiro atoms. The third-order valence-electron chi connectivity index (χ3n) is 5.09. The van der Waals surface area contributed by atoms with Crippen molar-refractivity contribution in [1.29, 1.82) is 0 Å². The van der Waals surface area contributed by atoms with E-state index in [4.69, 9.17) is 0 Å². The van der Waals surface area contributed by atoms with Crippen molar-refractivity contribution in [1.82, 2.24) is 9.21 Å². The predicted octanol–water partition coefficient (Wildman–Crippen LogP) is 4.38. The molecule has 0 saturated heterocycles. The smallest absolute Gasteiger partial charge is 0.265 e. The number of ketones is 1. The zero-order valence-electron chi connectivity index (χ0n) is 17.6. The van der Waals surface area contributed by atoms with Crippen molar-refractivity contribution in [2.45, 2.75) is 51.6 Å². The Morgan fingerprint density at radius 3 is 2.03 bits per heavy atom. The minimum absolute atomic E-state index is 0.0798. The molecule has 0 aliphatic carbocycles. The molecular formula is C23H28N2O3S. The molecule has 5 nitrogen and oxygen atoms in total. The van der Waals surface area contributed by atoms with Crippen molar-refractivity contribution in [2.24, 2.45) is 0 Å². The fourth-order valence-electron chi connectivity index (χ4n) is 4.02. The summed E-state index contributed by atoms with van der Waals surface area (Å²) in [5, 5.41) is 0. The van der Waals surface area contributed by atoms with Crippen LogP contribution in [0, 0.1) is 0 Å². The third kappa shape index (κ3) is 3.57. The number of carbonyl (C=O) groups excluding carboxylic acids is 1. The van der Waals surface area contributed by atoms with Crippen molar-refractivity contribution >= 4 is 21.5 Å². The molecule has 1 aliphatic rings. The molecule has 0 radical (unpaired) electrons. The summed E-state index contributed by atoms with van der Waals surface area (Å²) in [7, 11) is -3.82. The highest BCUT2D eigenvalue weighted by molar-refractivity contribution is 7.89. The van der Waals surface area contributed by atoms with Gasteiger partial charge in [-0.15, -0.1) is 0 Å². The summed E-state index contributed by atoms with van der Waals surface area (Å²) in [4.78, 5) is 16.0. The molecule has 1 aliphatic heterocycles. The van der Waals surface area contributed by atoms with Crippen LogP contribution >= 0.6 is 0 Å². The van der Waals surface area contributed by atoms with E-state index in [1.807, 2.05) is 12.1 Å². The quantitative estimate of drug-likeness (QED) is 0.661. The summed E-state index contributed by atoms with van der Waals surface area (Å²) in [5.41, 5.74) is 1.95. The molecule has 0 N–H and O–H groups in total. The van der Waals surface area contributed by atoms with E-state index in [0.717, 1.165) is 0 Å². The van der Waals surface area contributed by atoms with E-state index in [1.165, 1.54) is 4.31 Å². The van der Waals surface area contributed by atoms with E-state index in [2.05, 4.69) is 32.6 Å². The van der Waals surface area contributed by atoms with Gasteiger partial charge in [-0.3, -0.25) is 9.10 Å². The standard InChI is InChI=1S/C23H28N2O3S/c1-6-24-22(23(26)18-12-8-7-9-13-18)21(25(16(2)3)17(4)5)19-14-10-11-15-20(19)29(24,27)28/h7-17H,6H2,1-5H3. The summed E-state index contributed by atoms with van der Waals surface area (Å²) >= 11 is 0. The summed E-state index contributed by atoms with van der Waals surface area (Å²) < 4.78 is 28.1. The molecule has 2 aromatic rings. The Morgan fingerprint density at radius 2 is 1.48 bits per heavy atom. The topological polar surface area (TPSA) is 57.7 Å². The van der Waals surface area contributed by atoms with Crippen LogP contribution in [0.1, 0.15) is 50.5 Å². The first-order valence-electron chi connectivity index (χ1n) is 9.96. The molecule has 0 unspecified atom stereocenters. The summed E-state index contributed by atoms with van der Waals surface area (Å²) in [6, 6.07) is 16.0. The molecule has 0 amide bonds. The number of Topliss-reactive ketones (excluding diaryl/α,β-unsaturated/α-hetero) is 1. The predicted molar refractivity (Wildman–Crippen MR) is 116 cm³/mol. The number of likely N-dealkylation sites (N-methyl/N-ethyl adjacent to an activating group) is 1. The fourth-order valence-corrected chi connectivity index (χ4v) is 5.70. The molecule has 0 aromatic heterocycles. The second kappa shape index (κ2) is 8.03. The number of rotatable bonds is 6. The zero-order valence-corrected chi connectivity index (χ0v) is 18.4. The van der Waals surface area contributed by atoms with E-state index < -0.39 is 10.0 Å². The molecule has 154 valence electrons. The molecule has 29 heavy (non-hydrogen) atoms. The largest absolute Gasteiger partial charge is 0.364 e. The molecule has 0 bridgehead atoms. The lowest BCUT2D eigenvalue weighted by atomic mass is 9.99. The number of fused-ring (bicyclic) bond motifs is 1. The molecule has 6 heteroatoms. The van der Waals surface area contributed by atoms with E-state index >= 15 is 0 Å². The first-order chi connectivity index (χ1) is 13.7. The Morgan fingerprint density at radius 1 is 0.931 bits per heavy atom. The van der Waals surface area contributed by atoms with Crippen molar-refractivity contribution in [3.63, 3.8) is 0 Å². The van der Waals surface area contributed by atoms with Gasteiger partial charge in [0.25, 0.3) is 10.0 Å². The van der Waals surface area contributed by atoms with Crippen LogP contribution < -0.4 is 0 Å². The number of allylic oxidation sites excluding steroid dienone is 1. The van der Waals surface area contributed by atoms with Crippen LogP contribution in [0.5, 0.6) is 0 Å². The van der Waals surface area contributed by atoms with Gasteiger partial charge >= 0.3 is 0 Å². The van der Waals surface area contributed by atoms with E-state index in [9.17, 15) is 13.2 Å². The molecule has 2 aromatic carbocycles. The number of carbonyl (C=O) groups is 1. The van der Waals surface area contributed by atoms with Gasteiger partial charge in [-0.25, -0.2) is 8.42 Å². The number of benzene rings is 2. The number of sulfonamides is 1. The van der Waals surface area contributed by atoms with Gasteiger partial charge in [-0.1, -0.05) is 48.5 Å². The minimum atomic E-state index is -3.82. The van der Waals surface area contributed by atoms with Gasteiger partial charge in [0.15, 0.2) is 0 Å². The molecule has 3 rings (SSSR count). The van der Waals surface area contributed by atoms with Crippen molar-refractivity contribution in [3.05, 3.63) is 71.4 Å². The Hall–Kier alpha value is -2.60. The SMILES string of the molecule is CCN1C(C(=O)c2ccccc2)=C(N(C(C)C)C(C)C)c2ccccc2S1(=O)=O. The lowest BCUT2D eigenvalue weighted by Crippen LogP contribution is -2.44. The Labute approximate surface area is 173 Å². The van der Waals surface area contributed by atoms with Gasteiger partial charge in [0, 0.05) is 29.8 Å². The van der Waals surface area contributed by atoms with Crippen LogP contribution in [0.15, 0.2) is 65.2 Å². The first-order valence-corrected chi connectivity index (χ1v) is 11.4. The average Bonchev–Trinajstić information content (AvgIpc) is 2.69. The van der Waals surface area contributed by atoms with Crippen molar-refractivity contribution in [3.8, 4) is 0 Å². The highest BCUT2D eigenvalue weighted by atomic mass is 32.2. The Bertz CT molecular complexity index is 1030. The average molecular weight is 413 g/mol. The first kappa shape index (κ1) is 21.1. The van der Waals surface area contributed by atoms with Crippen LogP contribution in [0.3, 0.4) is 0 Å². The second-order valence-corrected chi connectivity index (χ2v) is 9.48. The van der Waals surface area contributed by atoms with Gasteiger partial charge in [0.1, 0.15) is 5.70 Å². The number of hydrogen-bond donors (Lipinski definition) is 0. The maximum atomic E-state index is 13.6. The summed E-state index contributed by atoms with van der Waals surface area (Å²) in [5.74, 6) is -0.285. The molecular weight excluding hydrogens is 384 g/mol. The van der Waals surface area contributed by atoms with Crippen LogP contribution in [0.2, 0.25) is 0 Å². The van der Waals surface area contributed by atoms with Gasteiger partial charge < -0.3 is 4.90 Å². The van der Waals surface area contributed by atoms with Gasteiger partial charge in [-0.05, 0) is 40.7 Å². The summed E-state index contributed by atoms with van der Waals surface area (Å²) in [6.45, 7) is 10.2. The molecule has 0 atom stereocenters. The lowest BCUT2D eigenvalue weighted by Gasteiger charge is -2.42. The highest BCUT2D eigenvalue weighted by Gasteiger charge is 2.41. The second-order valence-electron chi connectivity index (χ2n) is 7.65. The maximum absolute atomic E-state index is 13.6. The molecule has 1 heterocycles. The van der Waals surface area contributed by atoms with E-state index in [-0.39, 0.29) is 35.0 Å². The third-order valence-corrected chi connectivity index (χ3v) is 7.03. The van der Waals surface area contributed by atoms with Crippen LogP contribution in [-0.4, -0.2) is 42.0 Å². The Kier molecular flexibility index (Phi) is 5.85. The number of nitrogens with zero attached hydrogens (tertiary/aromatic N) is 2. The molecule has 0 fully saturated rings. The maximum Gasteiger partial charge on any atom is 0.265 e. The van der Waals surface area contributed by atoms with Gasteiger partial charge in [0.2, 0.25) is 5.78 Å². The monoisotopic (exact) mass is 412 g/mol. The fraction of sp³-hybridized carbons (Fsp3) is 0.348. The lowest BCUT2D eigenvalue weighted by molar-refractivity contribution is 0.101. The normalized spacial score (nSPS) is 15.6. The van der Waals surface area contributed by atoms with Gasteiger partial charge in [-0.2, -0.15) is 0 Å². The van der Waals surface area contributed by atoms with E-state index in [0.29, 0.717) is 16.8 Å². The Balaban J connectivity index is 2.43. The van der Waals surface area contributed by atoms with E-state index in [1.54, 1.807) is 49.4 Å². The zero-order chi connectivity index (χ0) is 21.3. The summed E-state index contributed by atoms with van der Waals surface area (Å²) in [6.07, 6.45) is 0. The van der Waals surface area contributed by atoms with Crippen LogP contribution in [0.4, 0.5) is 0 Å². The highest BCUT2D eigenvalue weighted by Crippen LogP contribution is 2.41. The van der Waals surface area contributed by atoms with Gasteiger partial charge in [0.05, 0.1) is 10.6 Å². The molecule has 0 saturated carbocycles. The minimum Gasteiger partial charge on any atom is -0.364 e. The van der Waals surface area contributed by atoms with Crippen molar-refractivity contribution < 1.29 is 13.2 Å². The van der Waals surface area contributed by atoms with Crippen LogP contribution in [0.25, 0.3) is 5.70 Å². The number of hydrogen-bond acceptors (Lipinski definition) is 4. The van der Waals surface area contributed by atoms with Crippen molar-refractivity contribution in [2.75, 3.05) is 6.54 Å².